The second-order valence-corrected chi connectivity index (χ2v) is 6.71. The van der Waals surface area contributed by atoms with E-state index in [1.54, 1.807) is 18.9 Å². The van der Waals surface area contributed by atoms with Crippen molar-refractivity contribution < 1.29 is 9.53 Å². The molecule has 0 radical (unpaired) electrons. The molecule has 0 saturated heterocycles. The molecule has 0 saturated carbocycles. The van der Waals surface area contributed by atoms with E-state index >= 15 is 0 Å². The van der Waals surface area contributed by atoms with Crippen molar-refractivity contribution in [3.05, 3.63) is 48.5 Å². The number of carbonyl (C=O) groups excluding carboxylic acids is 1. The smallest absolute Gasteiger partial charge is 0.225 e. The first-order valence-corrected chi connectivity index (χ1v) is 9.56. The third-order valence-electron chi connectivity index (χ3n) is 3.94. The van der Waals surface area contributed by atoms with Crippen LogP contribution in [0.5, 0.6) is 5.75 Å². The molecule has 134 valence electrons. The number of amides is 1. The predicted octanol–water partition coefficient (Wildman–Crippen LogP) is 4.66. The van der Waals surface area contributed by atoms with Gasteiger partial charge in [0, 0.05) is 41.5 Å². The standard InChI is InChI=1S/C20H26N2O2S/c1-4-22(5-2)17-8-6-16(7-9-17)21-20(23)14-15-25-19-12-10-18(24-3)11-13-19/h6-13H,4-5,14-15H2,1-3H3,(H,21,23). The molecule has 0 aliphatic heterocycles. The number of hydrogen-bond donors (Lipinski definition) is 1. The number of hydrogen-bond acceptors (Lipinski definition) is 4. The quantitative estimate of drug-likeness (QED) is 0.662. The van der Waals surface area contributed by atoms with Gasteiger partial charge in [-0.2, -0.15) is 0 Å². The van der Waals surface area contributed by atoms with Crippen LogP contribution in [0.1, 0.15) is 20.3 Å². The maximum absolute atomic E-state index is 12.1. The molecule has 1 amide bonds. The summed E-state index contributed by atoms with van der Waals surface area (Å²) in [5.41, 5.74) is 2.02. The number of methoxy groups -OCH3 is 1. The molecule has 0 bridgehead atoms. The number of ether oxygens (including phenoxy) is 1. The van der Waals surface area contributed by atoms with Crippen LogP contribution in [0.25, 0.3) is 0 Å². The highest BCUT2D eigenvalue weighted by molar-refractivity contribution is 7.99. The minimum atomic E-state index is 0.0385. The SMILES string of the molecule is CCN(CC)c1ccc(NC(=O)CCSc2ccc(OC)cc2)cc1. The zero-order valence-corrected chi connectivity index (χ0v) is 15.9. The van der Waals surface area contributed by atoms with Crippen molar-refractivity contribution in [2.75, 3.05) is 36.2 Å². The van der Waals surface area contributed by atoms with Crippen molar-refractivity contribution in [3.8, 4) is 5.75 Å². The number of anilines is 2. The fraction of sp³-hybridized carbons (Fsp3) is 0.350. The van der Waals surface area contributed by atoms with Crippen molar-refractivity contribution in [2.24, 2.45) is 0 Å². The monoisotopic (exact) mass is 358 g/mol. The first kappa shape index (κ1) is 19.2. The van der Waals surface area contributed by atoms with E-state index in [-0.39, 0.29) is 5.91 Å². The minimum absolute atomic E-state index is 0.0385. The third-order valence-corrected chi connectivity index (χ3v) is 4.95. The average molecular weight is 359 g/mol. The lowest BCUT2D eigenvalue weighted by molar-refractivity contribution is -0.115. The predicted molar refractivity (Wildman–Crippen MR) is 107 cm³/mol. The molecule has 0 aliphatic rings. The van der Waals surface area contributed by atoms with Crippen molar-refractivity contribution in [3.63, 3.8) is 0 Å². The largest absolute Gasteiger partial charge is 0.497 e. The van der Waals surface area contributed by atoms with Gasteiger partial charge in [-0.3, -0.25) is 4.79 Å². The lowest BCUT2D eigenvalue weighted by Crippen LogP contribution is -2.21. The van der Waals surface area contributed by atoms with Crippen LogP contribution in [0.3, 0.4) is 0 Å². The Morgan fingerprint density at radius 3 is 2.24 bits per heavy atom. The topological polar surface area (TPSA) is 41.6 Å². The Morgan fingerprint density at radius 2 is 1.68 bits per heavy atom. The molecule has 0 unspecified atom stereocenters. The molecule has 5 heteroatoms. The van der Waals surface area contributed by atoms with E-state index in [1.807, 2.05) is 36.4 Å². The normalized spacial score (nSPS) is 10.4. The molecule has 0 atom stereocenters. The molecule has 0 aliphatic carbocycles. The Bertz CT molecular complexity index is 652. The van der Waals surface area contributed by atoms with E-state index in [1.165, 1.54) is 5.69 Å². The van der Waals surface area contributed by atoms with E-state index in [0.717, 1.165) is 35.2 Å². The second-order valence-electron chi connectivity index (χ2n) is 5.54. The van der Waals surface area contributed by atoms with Gasteiger partial charge in [0.15, 0.2) is 0 Å². The Hall–Kier alpha value is -2.14. The molecule has 0 spiro atoms. The van der Waals surface area contributed by atoms with Crippen LogP contribution in [0, 0.1) is 0 Å². The fourth-order valence-corrected chi connectivity index (χ4v) is 3.35. The number of carbonyl (C=O) groups is 1. The molecular weight excluding hydrogens is 332 g/mol. The highest BCUT2D eigenvalue weighted by Crippen LogP contribution is 2.22. The van der Waals surface area contributed by atoms with Crippen molar-refractivity contribution >= 4 is 29.0 Å². The zero-order valence-electron chi connectivity index (χ0n) is 15.1. The molecule has 4 nitrogen and oxygen atoms in total. The summed E-state index contributed by atoms with van der Waals surface area (Å²) in [5, 5.41) is 2.96. The van der Waals surface area contributed by atoms with Crippen molar-refractivity contribution in [1.29, 1.82) is 0 Å². The third kappa shape index (κ3) is 6.02. The second kappa shape index (κ2) is 9.99. The number of rotatable bonds is 9. The molecule has 0 aromatic heterocycles. The molecular formula is C20H26N2O2S. The first-order chi connectivity index (χ1) is 12.2. The van der Waals surface area contributed by atoms with Crippen LogP contribution in [-0.2, 0) is 4.79 Å². The van der Waals surface area contributed by atoms with Crippen LogP contribution in [-0.4, -0.2) is 31.9 Å². The van der Waals surface area contributed by atoms with E-state index in [9.17, 15) is 4.79 Å². The van der Waals surface area contributed by atoms with Gasteiger partial charge in [-0.25, -0.2) is 0 Å². The summed E-state index contributed by atoms with van der Waals surface area (Å²) in [5.74, 6) is 1.63. The Morgan fingerprint density at radius 1 is 1.04 bits per heavy atom. The van der Waals surface area contributed by atoms with Crippen LogP contribution in [0.4, 0.5) is 11.4 Å². The molecule has 2 rings (SSSR count). The van der Waals surface area contributed by atoms with Crippen LogP contribution >= 0.6 is 11.8 Å². The summed E-state index contributed by atoms with van der Waals surface area (Å²) in [7, 11) is 1.65. The van der Waals surface area contributed by atoms with Gasteiger partial charge in [0.1, 0.15) is 5.75 Å². The van der Waals surface area contributed by atoms with Gasteiger partial charge >= 0.3 is 0 Å². The number of thioether (sulfide) groups is 1. The highest BCUT2D eigenvalue weighted by atomic mass is 32.2. The van der Waals surface area contributed by atoms with E-state index in [4.69, 9.17) is 4.74 Å². The zero-order chi connectivity index (χ0) is 18.1. The summed E-state index contributed by atoms with van der Waals surface area (Å²) < 4.78 is 5.14. The number of nitrogens with zero attached hydrogens (tertiary/aromatic N) is 1. The van der Waals surface area contributed by atoms with Gasteiger partial charge in [-0.1, -0.05) is 0 Å². The Balaban J connectivity index is 1.77. The van der Waals surface area contributed by atoms with Gasteiger partial charge in [0.25, 0.3) is 0 Å². The lowest BCUT2D eigenvalue weighted by Gasteiger charge is -2.21. The summed E-state index contributed by atoms with van der Waals surface area (Å²) in [6.07, 6.45) is 0.481. The maximum Gasteiger partial charge on any atom is 0.225 e. The molecule has 2 aromatic carbocycles. The van der Waals surface area contributed by atoms with Gasteiger partial charge in [0.2, 0.25) is 5.91 Å². The molecule has 0 heterocycles. The summed E-state index contributed by atoms with van der Waals surface area (Å²) >= 11 is 1.67. The van der Waals surface area contributed by atoms with E-state index in [0.29, 0.717) is 6.42 Å². The fourth-order valence-electron chi connectivity index (χ4n) is 2.50. The first-order valence-electron chi connectivity index (χ1n) is 8.58. The number of nitrogens with one attached hydrogen (secondary N) is 1. The van der Waals surface area contributed by atoms with Gasteiger partial charge in [-0.15, -0.1) is 11.8 Å². The van der Waals surface area contributed by atoms with E-state index in [2.05, 4.69) is 36.2 Å². The average Bonchev–Trinajstić information content (AvgIpc) is 2.64. The van der Waals surface area contributed by atoms with Crippen LogP contribution in [0.2, 0.25) is 0 Å². The van der Waals surface area contributed by atoms with Gasteiger partial charge in [0.05, 0.1) is 7.11 Å². The molecule has 1 N–H and O–H groups in total. The summed E-state index contributed by atoms with van der Waals surface area (Å²) in [4.78, 5) is 15.5. The summed E-state index contributed by atoms with van der Waals surface area (Å²) in [6.45, 7) is 6.23. The van der Waals surface area contributed by atoms with E-state index < -0.39 is 0 Å². The Kier molecular flexibility index (Phi) is 7.67. The molecule has 0 fully saturated rings. The van der Waals surface area contributed by atoms with Gasteiger partial charge < -0.3 is 15.0 Å². The molecule has 2 aromatic rings. The maximum atomic E-state index is 12.1. The van der Waals surface area contributed by atoms with Gasteiger partial charge in [-0.05, 0) is 62.4 Å². The summed E-state index contributed by atoms with van der Waals surface area (Å²) in [6, 6.07) is 15.9. The minimum Gasteiger partial charge on any atom is -0.497 e. The lowest BCUT2D eigenvalue weighted by atomic mass is 10.2. The number of benzene rings is 2. The molecule has 25 heavy (non-hydrogen) atoms. The van der Waals surface area contributed by atoms with Crippen LogP contribution in [0.15, 0.2) is 53.4 Å². The van der Waals surface area contributed by atoms with Crippen LogP contribution < -0.4 is 15.0 Å². The highest BCUT2D eigenvalue weighted by Gasteiger charge is 2.05. The van der Waals surface area contributed by atoms with Crippen molar-refractivity contribution in [1.82, 2.24) is 0 Å². The van der Waals surface area contributed by atoms with Crippen molar-refractivity contribution in [2.45, 2.75) is 25.2 Å². The Labute approximate surface area is 154 Å².